The van der Waals surface area contributed by atoms with Gasteiger partial charge in [-0.3, -0.25) is 9.80 Å². The number of hydrogen-bond donors (Lipinski definition) is 3. The van der Waals surface area contributed by atoms with Crippen LogP contribution in [0.3, 0.4) is 0 Å². The Balaban J connectivity index is 0.000000721. The average molecular weight is 666 g/mol. The Labute approximate surface area is 244 Å². The first kappa shape index (κ1) is 40.9. The van der Waals surface area contributed by atoms with Crippen molar-refractivity contribution in [1.82, 2.24) is 14.7 Å². The van der Waals surface area contributed by atoms with Gasteiger partial charge in [0.05, 0.1) is 32.3 Å². The highest BCUT2D eigenvalue weighted by atomic mass is 19.4. The maximum atomic E-state index is 10.6. The van der Waals surface area contributed by atoms with Gasteiger partial charge in [-0.1, -0.05) is 0 Å². The third-order valence-electron chi connectivity index (χ3n) is 5.33. The van der Waals surface area contributed by atoms with Gasteiger partial charge in [0.25, 0.3) is 0 Å². The van der Waals surface area contributed by atoms with Gasteiger partial charge in [0, 0.05) is 51.4 Å². The van der Waals surface area contributed by atoms with E-state index < -0.39 is 36.4 Å². The first-order valence-electron chi connectivity index (χ1n) is 12.2. The number of furan rings is 1. The smallest absolute Gasteiger partial charge is 0.475 e. The molecule has 0 radical (unpaired) electrons. The Morgan fingerprint density at radius 1 is 0.841 bits per heavy atom. The summed E-state index contributed by atoms with van der Waals surface area (Å²) in [5, 5.41) is 21.4. The molecule has 2 saturated heterocycles. The Morgan fingerprint density at radius 3 is 1.70 bits per heavy atom. The third kappa shape index (κ3) is 17.9. The largest absolute Gasteiger partial charge is 0.490 e. The highest BCUT2D eigenvalue weighted by Gasteiger charge is 2.41. The fraction of sp³-hybridized carbons (Fsp3) is 0.696. The van der Waals surface area contributed by atoms with E-state index in [1.54, 1.807) is 6.26 Å². The van der Waals surface area contributed by atoms with E-state index in [9.17, 15) is 39.5 Å². The molecule has 0 aliphatic carbocycles. The zero-order chi connectivity index (χ0) is 34.4. The highest BCUT2D eigenvalue weighted by molar-refractivity contribution is 5.73. The average Bonchev–Trinajstić information content (AvgIpc) is 3.30. The van der Waals surface area contributed by atoms with Crippen molar-refractivity contribution >= 4 is 17.9 Å². The molecule has 1 unspecified atom stereocenters. The van der Waals surface area contributed by atoms with Gasteiger partial charge in [-0.15, -0.1) is 0 Å². The third-order valence-corrected chi connectivity index (χ3v) is 5.33. The lowest BCUT2D eigenvalue weighted by Gasteiger charge is -2.43. The summed E-state index contributed by atoms with van der Waals surface area (Å²) in [6.45, 7) is 9.10. The molecular weight excluding hydrogens is 633 g/mol. The Bertz CT molecular complexity index is 947. The summed E-state index contributed by atoms with van der Waals surface area (Å²) in [5.41, 5.74) is 1.02. The predicted octanol–water partition coefficient (Wildman–Crippen LogP) is 2.64. The number of alkyl halides is 9. The van der Waals surface area contributed by atoms with Crippen LogP contribution in [0.15, 0.2) is 23.0 Å². The number of carbonyl (C=O) groups is 3. The standard InChI is InChI=1S/C17H29N3O3.3C2HF3O2/c1-18(2)4-5-19-6-9-22-15-17(13-19)14-20(7-10-23-17)11-16-3-8-21-12-16;3*3-2(4,5)1(6)7/h3,8,12H,4-7,9-11,13-15H2,1-2H3;3*(H,6,7). The van der Waals surface area contributed by atoms with Gasteiger partial charge in [0.1, 0.15) is 5.60 Å². The zero-order valence-corrected chi connectivity index (χ0v) is 23.3. The van der Waals surface area contributed by atoms with Crippen molar-refractivity contribution in [2.45, 2.75) is 30.7 Å². The molecule has 1 spiro atoms. The summed E-state index contributed by atoms with van der Waals surface area (Å²) in [5.74, 6) is -8.27. The lowest BCUT2D eigenvalue weighted by Crippen LogP contribution is -2.58. The topological polar surface area (TPSA) is 153 Å². The molecule has 0 aromatic carbocycles. The number of hydrogen-bond acceptors (Lipinski definition) is 9. The molecule has 0 amide bonds. The number of nitrogens with zero attached hydrogens (tertiary/aromatic N) is 3. The van der Waals surface area contributed by atoms with E-state index in [1.807, 2.05) is 12.3 Å². The summed E-state index contributed by atoms with van der Waals surface area (Å²) in [7, 11) is 4.24. The molecule has 3 N–H and O–H groups in total. The molecule has 1 aromatic rings. The summed E-state index contributed by atoms with van der Waals surface area (Å²) >= 11 is 0. The van der Waals surface area contributed by atoms with E-state index in [1.165, 1.54) is 5.56 Å². The molecule has 1 aromatic heterocycles. The van der Waals surface area contributed by atoms with Crippen molar-refractivity contribution in [3.63, 3.8) is 0 Å². The zero-order valence-electron chi connectivity index (χ0n) is 23.3. The minimum absolute atomic E-state index is 0.204. The van der Waals surface area contributed by atoms with Crippen LogP contribution < -0.4 is 0 Å². The quantitative estimate of drug-likeness (QED) is 0.397. The van der Waals surface area contributed by atoms with Crippen LogP contribution in [0.1, 0.15) is 5.56 Å². The maximum absolute atomic E-state index is 10.6. The van der Waals surface area contributed by atoms with Crippen molar-refractivity contribution in [3.05, 3.63) is 24.2 Å². The summed E-state index contributed by atoms with van der Waals surface area (Å²) in [6, 6.07) is 2.04. The SMILES string of the molecule is CN(C)CCN1CCOCC2(C1)CN(Cc1ccoc1)CCO2.O=C(O)C(F)(F)F.O=C(O)C(F)(F)F.O=C(O)C(F)(F)F. The van der Waals surface area contributed by atoms with Crippen molar-refractivity contribution in [1.29, 1.82) is 0 Å². The van der Waals surface area contributed by atoms with Crippen molar-refractivity contribution < 1.29 is 83.1 Å². The van der Waals surface area contributed by atoms with Crippen LogP contribution in [0.5, 0.6) is 0 Å². The number of carboxylic acids is 3. The monoisotopic (exact) mass is 665 g/mol. The highest BCUT2D eigenvalue weighted by Crippen LogP contribution is 2.24. The molecule has 3 rings (SSSR count). The van der Waals surface area contributed by atoms with E-state index in [-0.39, 0.29) is 5.60 Å². The van der Waals surface area contributed by atoms with Crippen LogP contribution in [0.4, 0.5) is 39.5 Å². The number of carboxylic acid groups (broad SMARTS) is 3. The first-order valence-corrected chi connectivity index (χ1v) is 12.2. The van der Waals surface area contributed by atoms with E-state index in [4.69, 9.17) is 43.6 Å². The molecule has 3 heterocycles. The van der Waals surface area contributed by atoms with Crippen LogP contribution in [-0.4, -0.2) is 145 Å². The number of likely N-dealkylation sites (N-methyl/N-ethyl adjacent to an activating group) is 1. The Morgan fingerprint density at radius 2 is 1.30 bits per heavy atom. The lowest BCUT2D eigenvalue weighted by molar-refractivity contribution is -0.193. The molecule has 0 saturated carbocycles. The van der Waals surface area contributed by atoms with Crippen LogP contribution in [0, 0.1) is 0 Å². The molecule has 2 aliphatic rings. The first-order chi connectivity index (χ1) is 20.0. The fourth-order valence-electron chi connectivity index (χ4n) is 3.40. The van der Waals surface area contributed by atoms with Gasteiger partial charge in [-0.2, -0.15) is 39.5 Å². The molecule has 2 fully saturated rings. The summed E-state index contributed by atoms with van der Waals surface area (Å²) < 4.78 is 113. The molecule has 1 atom stereocenters. The van der Waals surface area contributed by atoms with Crippen LogP contribution in [0.25, 0.3) is 0 Å². The van der Waals surface area contributed by atoms with Crippen LogP contribution in [-0.2, 0) is 30.4 Å². The molecule has 44 heavy (non-hydrogen) atoms. The van der Waals surface area contributed by atoms with Crippen LogP contribution >= 0.6 is 0 Å². The maximum Gasteiger partial charge on any atom is 0.490 e. The fourth-order valence-corrected chi connectivity index (χ4v) is 3.40. The molecule has 21 heteroatoms. The van der Waals surface area contributed by atoms with Gasteiger partial charge in [-0.05, 0) is 20.2 Å². The second kappa shape index (κ2) is 18.0. The van der Waals surface area contributed by atoms with E-state index in [0.29, 0.717) is 6.61 Å². The number of rotatable bonds is 5. The van der Waals surface area contributed by atoms with Crippen molar-refractivity contribution in [2.24, 2.45) is 0 Å². The van der Waals surface area contributed by atoms with Gasteiger partial charge in [0.15, 0.2) is 0 Å². The lowest BCUT2D eigenvalue weighted by atomic mass is 10.0. The molecule has 2 aliphatic heterocycles. The van der Waals surface area contributed by atoms with E-state index in [2.05, 4.69) is 28.8 Å². The molecule has 12 nitrogen and oxygen atoms in total. The van der Waals surface area contributed by atoms with Gasteiger partial charge >= 0.3 is 36.4 Å². The number of ether oxygens (including phenoxy) is 2. The second-order valence-electron chi connectivity index (χ2n) is 9.41. The van der Waals surface area contributed by atoms with Gasteiger partial charge in [0.2, 0.25) is 0 Å². The molecule has 0 bridgehead atoms. The van der Waals surface area contributed by atoms with E-state index >= 15 is 0 Å². The second-order valence-corrected chi connectivity index (χ2v) is 9.41. The number of morpholine rings is 1. The Kier molecular flexibility index (Phi) is 16.7. The number of aliphatic carboxylic acids is 3. The molecule has 256 valence electrons. The van der Waals surface area contributed by atoms with Gasteiger partial charge in [-0.25, -0.2) is 14.4 Å². The van der Waals surface area contributed by atoms with E-state index in [0.717, 1.165) is 59.0 Å². The minimum Gasteiger partial charge on any atom is -0.475 e. The normalized spacial score (nSPS) is 19.8. The van der Waals surface area contributed by atoms with Crippen molar-refractivity contribution in [3.8, 4) is 0 Å². The molecular formula is C23H32F9N3O9. The van der Waals surface area contributed by atoms with Gasteiger partial charge < -0.3 is 34.1 Å². The predicted molar refractivity (Wildman–Crippen MR) is 130 cm³/mol. The minimum atomic E-state index is -5.08. The number of halogens is 9. The van der Waals surface area contributed by atoms with Crippen molar-refractivity contribution in [2.75, 3.05) is 73.2 Å². The summed E-state index contributed by atoms with van der Waals surface area (Å²) in [4.78, 5) is 33.8. The Hall–Kier alpha value is -3.14. The van der Waals surface area contributed by atoms with Crippen LogP contribution in [0.2, 0.25) is 0 Å². The summed E-state index contributed by atoms with van der Waals surface area (Å²) in [6.07, 6.45) is -11.7.